The van der Waals surface area contributed by atoms with Crippen molar-refractivity contribution < 1.29 is 4.39 Å². The van der Waals surface area contributed by atoms with Gasteiger partial charge in [-0.25, -0.2) is 4.39 Å². The summed E-state index contributed by atoms with van der Waals surface area (Å²) in [5.41, 5.74) is 7.05. The summed E-state index contributed by atoms with van der Waals surface area (Å²) in [6, 6.07) is 4.75. The first-order valence-corrected chi connectivity index (χ1v) is 5.66. The van der Waals surface area contributed by atoms with Crippen LogP contribution in [0.1, 0.15) is 30.9 Å². The summed E-state index contributed by atoms with van der Waals surface area (Å²) in [7, 11) is 0. The molecule has 1 unspecified atom stereocenters. The first-order valence-electron chi connectivity index (χ1n) is 4.87. The average molecular weight is 258 g/mol. The maximum atomic E-state index is 12.8. The number of nitrogens with two attached hydrogens (primary N) is 1. The SMILES string of the molecule is NC(CC1CC1)c1ccc(F)cc1Br. The van der Waals surface area contributed by atoms with Crippen molar-refractivity contribution in [1.82, 2.24) is 0 Å². The highest BCUT2D eigenvalue weighted by Gasteiger charge is 2.25. The van der Waals surface area contributed by atoms with Crippen LogP contribution in [0.15, 0.2) is 22.7 Å². The van der Waals surface area contributed by atoms with Crippen LogP contribution in [0.4, 0.5) is 4.39 Å². The van der Waals surface area contributed by atoms with Crippen LogP contribution in [0.25, 0.3) is 0 Å². The molecular formula is C11H13BrFN. The molecule has 0 aromatic heterocycles. The van der Waals surface area contributed by atoms with E-state index in [0.29, 0.717) is 0 Å². The normalized spacial score (nSPS) is 18.2. The highest BCUT2D eigenvalue weighted by molar-refractivity contribution is 9.10. The van der Waals surface area contributed by atoms with E-state index in [0.717, 1.165) is 22.4 Å². The largest absolute Gasteiger partial charge is 0.324 e. The molecule has 1 aliphatic carbocycles. The maximum Gasteiger partial charge on any atom is 0.124 e. The van der Waals surface area contributed by atoms with Crippen LogP contribution in [0, 0.1) is 11.7 Å². The van der Waals surface area contributed by atoms with E-state index in [2.05, 4.69) is 15.9 Å². The predicted octanol–water partition coefficient (Wildman–Crippen LogP) is 3.39. The van der Waals surface area contributed by atoms with E-state index in [1.165, 1.54) is 25.0 Å². The quantitative estimate of drug-likeness (QED) is 0.883. The molecule has 1 aromatic carbocycles. The van der Waals surface area contributed by atoms with E-state index < -0.39 is 0 Å². The Morgan fingerprint density at radius 1 is 1.50 bits per heavy atom. The van der Waals surface area contributed by atoms with Gasteiger partial charge in [-0.2, -0.15) is 0 Å². The van der Waals surface area contributed by atoms with Crippen LogP contribution >= 0.6 is 15.9 Å². The van der Waals surface area contributed by atoms with Crippen LogP contribution in [0.3, 0.4) is 0 Å². The number of hydrogen-bond acceptors (Lipinski definition) is 1. The standard InChI is InChI=1S/C11H13BrFN/c12-10-6-8(13)3-4-9(10)11(14)5-7-1-2-7/h3-4,6-7,11H,1-2,5,14H2. The molecule has 1 aliphatic rings. The maximum absolute atomic E-state index is 12.8. The second kappa shape index (κ2) is 3.99. The molecule has 1 saturated carbocycles. The van der Waals surface area contributed by atoms with Crippen LogP contribution in [-0.2, 0) is 0 Å². The Hall–Kier alpha value is -0.410. The molecule has 1 aromatic rings. The lowest BCUT2D eigenvalue weighted by Gasteiger charge is -2.13. The smallest absolute Gasteiger partial charge is 0.124 e. The number of rotatable bonds is 3. The summed E-state index contributed by atoms with van der Waals surface area (Å²) in [5.74, 6) is 0.571. The molecule has 0 radical (unpaired) electrons. The first kappa shape index (κ1) is 10.1. The Balaban J connectivity index is 2.13. The van der Waals surface area contributed by atoms with Crippen molar-refractivity contribution in [3.63, 3.8) is 0 Å². The Labute approximate surface area is 91.6 Å². The minimum Gasteiger partial charge on any atom is -0.324 e. The Morgan fingerprint density at radius 3 is 2.79 bits per heavy atom. The molecule has 76 valence electrons. The number of halogens is 2. The van der Waals surface area contributed by atoms with Crippen LogP contribution in [-0.4, -0.2) is 0 Å². The average Bonchev–Trinajstić information content (AvgIpc) is 2.87. The summed E-state index contributed by atoms with van der Waals surface area (Å²) in [6.45, 7) is 0. The molecule has 0 saturated heterocycles. The predicted molar refractivity (Wildman–Crippen MR) is 58.4 cm³/mol. The lowest BCUT2D eigenvalue weighted by atomic mass is 10.0. The monoisotopic (exact) mass is 257 g/mol. The summed E-state index contributed by atoms with van der Waals surface area (Å²) < 4.78 is 13.6. The van der Waals surface area contributed by atoms with E-state index in [-0.39, 0.29) is 11.9 Å². The van der Waals surface area contributed by atoms with E-state index in [9.17, 15) is 4.39 Å². The van der Waals surface area contributed by atoms with Gasteiger partial charge in [-0.3, -0.25) is 0 Å². The molecule has 1 fully saturated rings. The zero-order valence-corrected chi connectivity index (χ0v) is 9.43. The topological polar surface area (TPSA) is 26.0 Å². The fourth-order valence-corrected chi connectivity index (χ4v) is 2.29. The van der Waals surface area contributed by atoms with Crippen LogP contribution in [0.2, 0.25) is 0 Å². The van der Waals surface area contributed by atoms with Crippen molar-refractivity contribution in [1.29, 1.82) is 0 Å². The first-order chi connectivity index (χ1) is 6.66. The summed E-state index contributed by atoms with van der Waals surface area (Å²) in [6.07, 6.45) is 3.61. The van der Waals surface area contributed by atoms with Crippen molar-refractivity contribution in [3.8, 4) is 0 Å². The van der Waals surface area contributed by atoms with Gasteiger partial charge in [0.15, 0.2) is 0 Å². The van der Waals surface area contributed by atoms with Gasteiger partial charge in [0.1, 0.15) is 5.82 Å². The van der Waals surface area contributed by atoms with E-state index in [1.54, 1.807) is 6.07 Å². The lowest BCUT2D eigenvalue weighted by molar-refractivity contribution is 0.588. The van der Waals surface area contributed by atoms with Gasteiger partial charge < -0.3 is 5.73 Å². The number of benzene rings is 1. The van der Waals surface area contributed by atoms with Gasteiger partial charge >= 0.3 is 0 Å². The van der Waals surface area contributed by atoms with Gasteiger partial charge in [0.2, 0.25) is 0 Å². The van der Waals surface area contributed by atoms with Gasteiger partial charge in [0, 0.05) is 10.5 Å². The second-order valence-electron chi connectivity index (χ2n) is 3.95. The molecule has 0 bridgehead atoms. The molecule has 0 spiro atoms. The fourth-order valence-electron chi connectivity index (χ4n) is 1.64. The minimum atomic E-state index is -0.223. The molecule has 14 heavy (non-hydrogen) atoms. The van der Waals surface area contributed by atoms with Crippen molar-refractivity contribution in [2.45, 2.75) is 25.3 Å². The molecule has 1 nitrogen and oxygen atoms in total. The summed E-state index contributed by atoms with van der Waals surface area (Å²) >= 11 is 3.34. The van der Waals surface area contributed by atoms with Crippen LogP contribution in [0.5, 0.6) is 0 Å². The Morgan fingerprint density at radius 2 is 2.21 bits per heavy atom. The Kier molecular flexibility index (Phi) is 2.88. The van der Waals surface area contributed by atoms with E-state index >= 15 is 0 Å². The van der Waals surface area contributed by atoms with Crippen molar-refractivity contribution in [2.75, 3.05) is 0 Å². The van der Waals surface area contributed by atoms with E-state index in [4.69, 9.17) is 5.73 Å². The molecule has 2 rings (SSSR count). The Bertz CT molecular complexity index is 336. The lowest BCUT2D eigenvalue weighted by Crippen LogP contribution is -2.11. The van der Waals surface area contributed by atoms with Crippen molar-refractivity contribution in [2.24, 2.45) is 11.7 Å². The molecule has 1 atom stereocenters. The highest BCUT2D eigenvalue weighted by Crippen LogP contribution is 2.38. The van der Waals surface area contributed by atoms with Gasteiger partial charge in [-0.15, -0.1) is 0 Å². The van der Waals surface area contributed by atoms with Gasteiger partial charge in [-0.1, -0.05) is 34.8 Å². The van der Waals surface area contributed by atoms with Gasteiger partial charge in [0.05, 0.1) is 0 Å². The molecule has 0 heterocycles. The summed E-state index contributed by atoms with van der Waals surface area (Å²) in [5, 5.41) is 0. The highest BCUT2D eigenvalue weighted by atomic mass is 79.9. The van der Waals surface area contributed by atoms with Gasteiger partial charge in [-0.05, 0) is 30.0 Å². The van der Waals surface area contributed by atoms with E-state index in [1.807, 2.05) is 0 Å². The molecule has 0 amide bonds. The summed E-state index contributed by atoms with van der Waals surface area (Å²) in [4.78, 5) is 0. The third-order valence-corrected chi connectivity index (χ3v) is 3.33. The van der Waals surface area contributed by atoms with Crippen LogP contribution < -0.4 is 5.73 Å². The second-order valence-corrected chi connectivity index (χ2v) is 4.81. The third kappa shape index (κ3) is 2.34. The zero-order valence-electron chi connectivity index (χ0n) is 7.84. The van der Waals surface area contributed by atoms with Crippen molar-refractivity contribution in [3.05, 3.63) is 34.1 Å². The molecule has 0 aliphatic heterocycles. The zero-order chi connectivity index (χ0) is 10.1. The van der Waals surface area contributed by atoms with Crippen molar-refractivity contribution >= 4 is 15.9 Å². The number of hydrogen-bond donors (Lipinski definition) is 1. The van der Waals surface area contributed by atoms with Gasteiger partial charge in [0.25, 0.3) is 0 Å². The fraction of sp³-hybridized carbons (Fsp3) is 0.455. The minimum absolute atomic E-state index is 0.0393. The molecular weight excluding hydrogens is 245 g/mol. The molecule has 2 N–H and O–H groups in total. The third-order valence-electron chi connectivity index (χ3n) is 2.65. The molecule has 3 heteroatoms.